The van der Waals surface area contributed by atoms with Crippen LogP contribution in [0.5, 0.6) is 0 Å². The molecule has 0 aliphatic carbocycles. The molecule has 0 aliphatic rings. The summed E-state index contributed by atoms with van der Waals surface area (Å²) in [5.74, 6) is -0.329. The summed E-state index contributed by atoms with van der Waals surface area (Å²) in [5, 5.41) is 4.32. The van der Waals surface area contributed by atoms with Gasteiger partial charge in [-0.2, -0.15) is 0 Å². The molecule has 0 saturated carbocycles. The van der Waals surface area contributed by atoms with Gasteiger partial charge in [0.15, 0.2) is 0 Å². The van der Waals surface area contributed by atoms with Crippen molar-refractivity contribution in [2.45, 2.75) is 19.9 Å². The average Bonchev–Trinajstić information content (AvgIpc) is 2.78. The summed E-state index contributed by atoms with van der Waals surface area (Å²) >= 11 is 7.48. The molecule has 2 nitrogen and oxygen atoms in total. The Morgan fingerprint density at radius 3 is 3.00 bits per heavy atom. The molecule has 1 N–H and O–H groups in total. The van der Waals surface area contributed by atoms with Gasteiger partial charge in [0.25, 0.3) is 0 Å². The van der Waals surface area contributed by atoms with Gasteiger partial charge >= 0.3 is 0 Å². The zero-order valence-corrected chi connectivity index (χ0v) is 11.6. The molecule has 18 heavy (non-hydrogen) atoms. The number of hydrogen-bond donors (Lipinski definition) is 1. The highest BCUT2D eigenvalue weighted by Gasteiger charge is 2.13. The summed E-state index contributed by atoms with van der Waals surface area (Å²) in [7, 11) is 0. The van der Waals surface area contributed by atoms with Crippen LogP contribution in [0.4, 0.5) is 4.39 Å². The van der Waals surface area contributed by atoms with Gasteiger partial charge in [-0.05, 0) is 25.1 Å². The van der Waals surface area contributed by atoms with Gasteiger partial charge in [-0.15, -0.1) is 11.3 Å². The smallest absolute Gasteiger partial charge is 0.134 e. The van der Waals surface area contributed by atoms with E-state index in [1.807, 2.05) is 0 Å². The summed E-state index contributed by atoms with van der Waals surface area (Å²) in [6.07, 6.45) is 2.86. The minimum atomic E-state index is -0.329. The molecular weight excluding hydrogens is 271 g/mol. The predicted molar refractivity (Wildman–Crippen MR) is 74.5 cm³/mol. The number of rotatable bonds is 5. The van der Waals surface area contributed by atoms with Crippen LogP contribution in [-0.4, -0.2) is 11.5 Å². The van der Waals surface area contributed by atoms with Gasteiger partial charge in [-0.1, -0.05) is 24.6 Å². The van der Waals surface area contributed by atoms with Crippen LogP contribution >= 0.6 is 22.9 Å². The highest BCUT2D eigenvalue weighted by atomic mass is 35.5. The number of nitrogens with one attached hydrogen (secondary N) is 1. The normalized spacial score (nSPS) is 10.8. The average molecular weight is 285 g/mol. The zero-order chi connectivity index (χ0) is 13.0. The highest BCUT2D eigenvalue weighted by Crippen LogP contribution is 2.33. The molecule has 0 saturated heterocycles. The van der Waals surface area contributed by atoms with Crippen LogP contribution in [0.15, 0.2) is 24.4 Å². The Kier molecular flexibility index (Phi) is 4.69. The lowest BCUT2D eigenvalue weighted by Gasteiger charge is -2.01. The van der Waals surface area contributed by atoms with Crippen molar-refractivity contribution >= 4 is 22.9 Å². The molecule has 0 unspecified atom stereocenters. The maximum absolute atomic E-state index is 13.7. The van der Waals surface area contributed by atoms with E-state index < -0.39 is 0 Å². The molecular formula is C13H14ClFN2S. The van der Waals surface area contributed by atoms with E-state index in [1.165, 1.54) is 17.4 Å². The predicted octanol–water partition coefficient (Wildman–Crippen LogP) is 4.10. The first-order chi connectivity index (χ1) is 8.72. The van der Waals surface area contributed by atoms with Gasteiger partial charge in [0.05, 0.1) is 10.6 Å². The van der Waals surface area contributed by atoms with Crippen molar-refractivity contribution in [2.24, 2.45) is 0 Å². The van der Waals surface area contributed by atoms with Crippen molar-refractivity contribution in [2.75, 3.05) is 6.54 Å². The lowest BCUT2D eigenvalue weighted by atomic mass is 10.2. The van der Waals surface area contributed by atoms with Crippen LogP contribution in [-0.2, 0) is 6.54 Å². The summed E-state index contributed by atoms with van der Waals surface area (Å²) in [4.78, 5) is 5.32. The summed E-state index contributed by atoms with van der Waals surface area (Å²) in [6.45, 7) is 3.84. The maximum Gasteiger partial charge on any atom is 0.134 e. The van der Waals surface area contributed by atoms with Crippen molar-refractivity contribution in [3.63, 3.8) is 0 Å². The first kappa shape index (κ1) is 13.5. The minimum Gasteiger partial charge on any atom is -0.312 e. The van der Waals surface area contributed by atoms with Crippen molar-refractivity contribution in [3.05, 3.63) is 40.1 Å². The summed E-state index contributed by atoms with van der Waals surface area (Å²) in [6, 6.07) is 4.67. The topological polar surface area (TPSA) is 24.9 Å². The second-order valence-electron chi connectivity index (χ2n) is 3.91. The van der Waals surface area contributed by atoms with Crippen LogP contribution in [0.3, 0.4) is 0 Å². The maximum atomic E-state index is 13.7. The second-order valence-corrected chi connectivity index (χ2v) is 5.43. The quantitative estimate of drug-likeness (QED) is 0.836. The molecule has 0 fully saturated rings. The van der Waals surface area contributed by atoms with Crippen molar-refractivity contribution < 1.29 is 4.39 Å². The molecule has 0 radical (unpaired) electrons. The monoisotopic (exact) mass is 284 g/mol. The van der Waals surface area contributed by atoms with Gasteiger partial charge in [0, 0.05) is 17.6 Å². The number of nitrogens with zero attached hydrogens (tertiary/aromatic N) is 1. The van der Waals surface area contributed by atoms with E-state index in [2.05, 4.69) is 17.2 Å². The number of halogens is 2. The Bertz CT molecular complexity index is 507. The van der Waals surface area contributed by atoms with E-state index in [0.29, 0.717) is 15.6 Å². The molecule has 2 aromatic rings. The fourth-order valence-electron chi connectivity index (χ4n) is 1.60. The molecule has 5 heteroatoms. The first-order valence-electron chi connectivity index (χ1n) is 5.82. The third kappa shape index (κ3) is 3.07. The Hall–Kier alpha value is -0.970. The highest BCUT2D eigenvalue weighted by molar-refractivity contribution is 7.15. The van der Waals surface area contributed by atoms with Gasteiger partial charge in [-0.25, -0.2) is 9.37 Å². The fourth-order valence-corrected chi connectivity index (χ4v) is 2.85. The molecule has 1 aromatic carbocycles. The largest absolute Gasteiger partial charge is 0.312 e. The number of aromatic nitrogens is 1. The van der Waals surface area contributed by atoms with Crippen molar-refractivity contribution in [3.8, 4) is 10.6 Å². The third-order valence-electron chi connectivity index (χ3n) is 2.46. The molecule has 1 heterocycles. The standard InChI is InChI=1S/C13H14ClFN2S/c1-2-6-16-7-9-8-17-13(18-9)12-10(14)4-3-5-11(12)15/h3-5,8,16H,2,6-7H2,1H3. The van der Waals surface area contributed by atoms with Gasteiger partial charge < -0.3 is 5.32 Å². The summed E-state index contributed by atoms with van der Waals surface area (Å²) < 4.78 is 13.7. The Balaban J connectivity index is 2.19. The molecule has 96 valence electrons. The molecule has 0 spiro atoms. The number of benzene rings is 1. The number of hydrogen-bond acceptors (Lipinski definition) is 3. The van der Waals surface area contributed by atoms with Gasteiger partial charge in [-0.3, -0.25) is 0 Å². The van der Waals surface area contributed by atoms with Gasteiger partial charge in [0.2, 0.25) is 0 Å². The van der Waals surface area contributed by atoms with E-state index in [9.17, 15) is 4.39 Å². The summed E-state index contributed by atoms with van der Waals surface area (Å²) in [5.41, 5.74) is 0.394. The Morgan fingerprint density at radius 2 is 2.28 bits per heavy atom. The van der Waals surface area contributed by atoms with E-state index in [0.717, 1.165) is 24.4 Å². The molecule has 0 bridgehead atoms. The van der Waals surface area contributed by atoms with Crippen LogP contribution in [0.2, 0.25) is 5.02 Å². The Labute approximate surface area is 115 Å². The van der Waals surface area contributed by atoms with Crippen LogP contribution < -0.4 is 5.32 Å². The number of thiazole rings is 1. The van der Waals surface area contributed by atoms with Crippen LogP contribution in [0.1, 0.15) is 18.2 Å². The lowest BCUT2D eigenvalue weighted by molar-refractivity contribution is 0.631. The molecule has 1 aromatic heterocycles. The zero-order valence-electron chi connectivity index (χ0n) is 10.0. The minimum absolute atomic E-state index is 0.329. The van der Waals surface area contributed by atoms with Crippen LogP contribution in [0, 0.1) is 5.82 Å². The van der Waals surface area contributed by atoms with Crippen molar-refractivity contribution in [1.82, 2.24) is 10.3 Å². The van der Waals surface area contributed by atoms with E-state index in [-0.39, 0.29) is 5.82 Å². The van der Waals surface area contributed by atoms with Crippen LogP contribution in [0.25, 0.3) is 10.6 Å². The third-order valence-corrected chi connectivity index (χ3v) is 3.79. The van der Waals surface area contributed by atoms with E-state index in [4.69, 9.17) is 11.6 Å². The molecule has 0 atom stereocenters. The van der Waals surface area contributed by atoms with Crippen molar-refractivity contribution in [1.29, 1.82) is 0 Å². The van der Waals surface area contributed by atoms with E-state index in [1.54, 1.807) is 18.3 Å². The molecule has 2 rings (SSSR count). The molecule has 0 aliphatic heterocycles. The first-order valence-corrected chi connectivity index (χ1v) is 7.01. The SMILES string of the molecule is CCCNCc1cnc(-c2c(F)cccc2Cl)s1. The molecule has 0 amide bonds. The van der Waals surface area contributed by atoms with E-state index >= 15 is 0 Å². The Morgan fingerprint density at radius 1 is 1.44 bits per heavy atom. The lowest BCUT2D eigenvalue weighted by Crippen LogP contribution is -2.12. The second kappa shape index (κ2) is 6.27. The van der Waals surface area contributed by atoms with Gasteiger partial charge in [0.1, 0.15) is 10.8 Å². The fraction of sp³-hybridized carbons (Fsp3) is 0.308.